The first-order valence-corrected chi connectivity index (χ1v) is 7.75. The smallest absolute Gasteiger partial charge is 0.345 e. The van der Waals surface area contributed by atoms with Gasteiger partial charge in [-0.25, -0.2) is 6.14 Å². The zero-order chi connectivity index (χ0) is 9.30. The summed E-state index contributed by atoms with van der Waals surface area (Å²) in [4.78, 5) is 0. The van der Waals surface area contributed by atoms with Gasteiger partial charge in [0.1, 0.15) is 9.32 Å². The maximum atomic E-state index is 10.7. The van der Waals surface area contributed by atoms with Crippen LogP contribution >= 0.6 is 65.0 Å². The highest BCUT2D eigenvalue weighted by Gasteiger charge is 2.11. The van der Waals surface area contributed by atoms with Gasteiger partial charge in [0.2, 0.25) is 0 Å². The summed E-state index contributed by atoms with van der Waals surface area (Å²) in [5.41, 5.74) is 0. The molecule has 1 aromatic rings. The number of aromatic hydroxyl groups is 1. The van der Waals surface area contributed by atoms with Crippen LogP contribution in [-0.2, 0) is 6.14 Å². The minimum absolute atomic E-state index is 0.0974. The lowest BCUT2D eigenvalue weighted by Crippen LogP contribution is -1.83. The van der Waals surface area contributed by atoms with Crippen LogP contribution < -0.4 is 0 Å². The molecule has 0 saturated carbocycles. The van der Waals surface area contributed by atoms with E-state index in [0.717, 1.165) is 3.57 Å². The molecule has 0 radical (unpaired) electrons. The number of phenols is 1. The molecule has 0 spiro atoms. The van der Waals surface area contributed by atoms with Gasteiger partial charge in [0.25, 0.3) is 0 Å². The zero-order valence-electron chi connectivity index (χ0n) is 5.55. The summed E-state index contributed by atoms with van der Waals surface area (Å²) in [6.07, 6.45) is 0. The zero-order valence-corrected chi connectivity index (χ0v) is 12.0. The van der Waals surface area contributed by atoms with Crippen molar-refractivity contribution in [3.63, 3.8) is 0 Å². The summed E-state index contributed by atoms with van der Waals surface area (Å²) >= 11 is 0.369. The van der Waals surface area contributed by atoms with Crippen LogP contribution in [-0.4, -0.2) is 5.11 Å². The molecule has 0 aromatic heterocycles. The fraction of sp³-hybridized carbons (Fsp3) is 0. The summed E-state index contributed by atoms with van der Waals surface area (Å²) in [5.74, 6) is -0.137. The predicted octanol–water partition coefficient (Wildman–Crippen LogP) is 2.97. The van der Waals surface area contributed by atoms with E-state index in [1.807, 2.05) is 45.2 Å². The van der Waals surface area contributed by atoms with Crippen molar-refractivity contribution in [2.75, 3.05) is 0 Å². The van der Waals surface area contributed by atoms with Crippen LogP contribution in [0, 0.1) is 10.7 Å². The molecule has 0 unspecified atom stereocenters. The van der Waals surface area contributed by atoms with Gasteiger partial charge in [-0.05, 0) is 57.3 Å². The van der Waals surface area contributed by atoms with E-state index in [1.165, 1.54) is 6.07 Å². The summed E-state index contributed by atoms with van der Waals surface area (Å²) in [7, 11) is 0. The van der Waals surface area contributed by atoms with Gasteiger partial charge in [-0.1, -0.05) is 0 Å². The predicted molar refractivity (Wildman–Crippen MR) is 67.6 cm³/mol. The van der Waals surface area contributed by atoms with Gasteiger partial charge in [0.15, 0.2) is 0 Å². The Balaban J connectivity index is 3.48. The molecule has 66 valence electrons. The van der Waals surface area contributed by atoms with E-state index in [9.17, 15) is 11.2 Å². The quantitative estimate of drug-likeness (QED) is 0.474. The molecule has 6 heteroatoms. The second kappa shape index (κ2) is 4.35. The third-order valence-electron chi connectivity index (χ3n) is 1.13. The van der Waals surface area contributed by atoms with Gasteiger partial charge >= 0.3 is 19.8 Å². The molecule has 0 heterocycles. The molecule has 0 atom stereocenters. The summed E-state index contributed by atoms with van der Waals surface area (Å²) in [6.45, 7) is 0. The normalized spacial score (nSPS) is 10.6. The summed E-state index contributed by atoms with van der Waals surface area (Å²) in [6, 6.07) is 3.16. The van der Waals surface area contributed by atoms with E-state index < -0.39 is 19.8 Å². The average Bonchev–Trinajstić information content (AvgIpc) is 1.82. The Kier molecular flexibility index (Phi) is 3.95. The number of halogens is 3. The minimum atomic E-state index is -3.55. The van der Waals surface area contributed by atoms with Crippen LogP contribution in [0.5, 0.6) is 5.75 Å². The van der Waals surface area contributed by atoms with E-state index in [1.54, 1.807) is 6.07 Å². The van der Waals surface area contributed by atoms with Crippen LogP contribution in [0.25, 0.3) is 0 Å². The largest absolute Gasteiger partial charge is 0.507 e. The minimum Gasteiger partial charge on any atom is -0.507 e. The number of benzene rings is 1. The highest BCUT2D eigenvalue weighted by Crippen LogP contribution is 2.32. The summed E-state index contributed by atoms with van der Waals surface area (Å²) in [5, 5.41) is 9.27. The molecule has 0 bridgehead atoms. The third kappa shape index (κ3) is 2.40. The lowest BCUT2D eigenvalue weighted by atomic mass is 10.3. The molecule has 0 aliphatic rings. The van der Waals surface area contributed by atoms with Gasteiger partial charge < -0.3 is 5.11 Å². The maximum absolute atomic E-state index is 10.7. The Morgan fingerprint density at radius 1 is 1.25 bits per heavy atom. The van der Waals surface area contributed by atoms with Gasteiger partial charge in [0, 0.05) is 7.14 Å². The number of hydrogen-bond donors (Lipinski definition) is 1. The van der Waals surface area contributed by atoms with Crippen molar-refractivity contribution in [3.8, 4) is 5.75 Å². The standard InChI is InChI=1S/C6H3I3O3/c7-3-1-4(8)6(9(11)12)5(10)2-3/h1-2,10H. The van der Waals surface area contributed by atoms with Crippen LogP contribution in [0.1, 0.15) is 0 Å². The highest BCUT2D eigenvalue weighted by molar-refractivity contribution is 14.2. The molecule has 0 aliphatic heterocycles. The molecule has 0 saturated heterocycles. The van der Waals surface area contributed by atoms with Gasteiger partial charge in [-0.3, -0.25) is 0 Å². The van der Waals surface area contributed by atoms with Crippen molar-refractivity contribution in [1.82, 2.24) is 0 Å². The monoisotopic (exact) mass is 504 g/mol. The van der Waals surface area contributed by atoms with E-state index in [4.69, 9.17) is 0 Å². The Morgan fingerprint density at radius 3 is 2.25 bits per heavy atom. The Morgan fingerprint density at radius 2 is 1.83 bits per heavy atom. The van der Waals surface area contributed by atoms with Crippen LogP contribution in [0.3, 0.4) is 0 Å². The molecular weight excluding hydrogens is 501 g/mol. The average molecular weight is 504 g/mol. The lowest BCUT2D eigenvalue weighted by molar-refractivity contribution is 0.470. The number of phenolic OH excluding ortho intramolecular Hbond substituents is 1. The van der Waals surface area contributed by atoms with Crippen LogP contribution in [0.4, 0.5) is 0 Å². The Labute approximate surface area is 103 Å². The fourth-order valence-corrected chi connectivity index (χ4v) is 4.81. The molecule has 0 fully saturated rings. The van der Waals surface area contributed by atoms with E-state index in [-0.39, 0.29) is 9.32 Å². The van der Waals surface area contributed by atoms with Crippen LogP contribution in [0.15, 0.2) is 12.1 Å². The van der Waals surface area contributed by atoms with E-state index in [0.29, 0.717) is 3.57 Å². The number of hydrogen-bond acceptors (Lipinski definition) is 3. The number of rotatable bonds is 1. The second-order valence-corrected chi connectivity index (χ2v) is 6.66. The van der Waals surface area contributed by atoms with Crippen molar-refractivity contribution >= 4 is 65.0 Å². The lowest BCUT2D eigenvalue weighted by Gasteiger charge is -1.99. The topological polar surface area (TPSA) is 54.4 Å². The van der Waals surface area contributed by atoms with Crippen molar-refractivity contribution in [3.05, 3.63) is 22.8 Å². The Hall–Kier alpha value is 0.810. The fourth-order valence-electron chi connectivity index (χ4n) is 0.695. The SMILES string of the molecule is O=I(=O)c1c(O)cc(I)cc1I. The van der Waals surface area contributed by atoms with Crippen molar-refractivity contribution < 1.29 is 11.2 Å². The van der Waals surface area contributed by atoms with Crippen molar-refractivity contribution in [2.45, 2.75) is 0 Å². The molecule has 1 aromatic carbocycles. The molecule has 12 heavy (non-hydrogen) atoms. The van der Waals surface area contributed by atoms with Gasteiger partial charge in [-0.2, -0.15) is 0 Å². The summed E-state index contributed by atoms with van der Waals surface area (Å²) < 4.78 is 22.9. The van der Waals surface area contributed by atoms with E-state index >= 15 is 0 Å². The highest BCUT2D eigenvalue weighted by atomic mass is 127. The Bertz CT molecular complexity index is 353. The molecule has 3 nitrogen and oxygen atoms in total. The van der Waals surface area contributed by atoms with Gasteiger partial charge in [-0.15, -0.1) is 0 Å². The van der Waals surface area contributed by atoms with Crippen molar-refractivity contribution in [2.24, 2.45) is 0 Å². The maximum Gasteiger partial charge on any atom is 0.345 e. The molecule has 0 amide bonds. The molecule has 0 aliphatic carbocycles. The second-order valence-electron chi connectivity index (χ2n) is 1.94. The van der Waals surface area contributed by atoms with Crippen LogP contribution in [0.2, 0.25) is 0 Å². The first kappa shape index (κ1) is 10.9. The van der Waals surface area contributed by atoms with Crippen molar-refractivity contribution in [1.29, 1.82) is 0 Å². The first-order chi connectivity index (χ1) is 5.52. The van der Waals surface area contributed by atoms with Gasteiger partial charge in [0.05, 0.1) is 0 Å². The van der Waals surface area contributed by atoms with E-state index in [2.05, 4.69) is 0 Å². The molecule has 1 N–H and O–H groups in total. The third-order valence-corrected chi connectivity index (χ3v) is 5.65. The first-order valence-electron chi connectivity index (χ1n) is 2.75. The molecule has 1 rings (SSSR count). The molecular formula is C6H3I3O3.